The molecule has 0 aliphatic rings. The SMILES string of the molecule is COc1ccccc1NC(=O)COc1ccc(/C=N\NC(=O)[C@H](C)N(c2ccc(Oc3ccccc3)cc2)S(C)(=O)=O)cc1. The lowest BCUT2D eigenvalue weighted by Crippen LogP contribution is -2.46. The van der Waals surface area contributed by atoms with Crippen LogP contribution >= 0.6 is 0 Å². The highest BCUT2D eigenvalue weighted by atomic mass is 32.2. The Morgan fingerprint density at radius 1 is 0.864 bits per heavy atom. The van der Waals surface area contributed by atoms with E-state index in [1.807, 2.05) is 18.2 Å². The van der Waals surface area contributed by atoms with Gasteiger partial charge in [-0.2, -0.15) is 5.10 Å². The molecule has 0 spiro atoms. The number of carbonyl (C=O) groups is 2. The van der Waals surface area contributed by atoms with Gasteiger partial charge in [0.25, 0.3) is 11.8 Å². The minimum absolute atomic E-state index is 0.209. The highest BCUT2D eigenvalue weighted by molar-refractivity contribution is 7.92. The van der Waals surface area contributed by atoms with Gasteiger partial charge in [0, 0.05) is 0 Å². The van der Waals surface area contributed by atoms with Crippen molar-refractivity contribution >= 4 is 39.4 Å². The Morgan fingerprint density at radius 3 is 2.14 bits per heavy atom. The number of hydrogen-bond acceptors (Lipinski definition) is 8. The predicted octanol–water partition coefficient (Wildman–Crippen LogP) is 4.81. The third-order valence-electron chi connectivity index (χ3n) is 6.18. The zero-order chi connectivity index (χ0) is 31.5. The Hall–Kier alpha value is -5.36. The van der Waals surface area contributed by atoms with Crippen LogP contribution in [0.3, 0.4) is 0 Å². The standard InChI is InChI=1S/C32H32N4O7S/c1-23(36(44(3,39)40)25-15-19-28(20-16-25)43-27-9-5-4-6-10-27)32(38)35-33-21-24-13-17-26(18-14-24)42-22-31(37)34-29-11-7-8-12-30(29)41-2/h4-21,23H,22H2,1-3H3,(H,34,37)(H,35,38)/b33-21-/t23-/m0/s1. The fraction of sp³-hybridized carbons (Fsp3) is 0.156. The lowest BCUT2D eigenvalue weighted by atomic mass is 10.2. The van der Waals surface area contributed by atoms with Crippen LogP contribution in [0.25, 0.3) is 0 Å². The number of carbonyl (C=O) groups excluding carboxylic acids is 2. The largest absolute Gasteiger partial charge is 0.495 e. The molecule has 1 atom stereocenters. The third kappa shape index (κ3) is 8.82. The zero-order valence-electron chi connectivity index (χ0n) is 24.3. The van der Waals surface area contributed by atoms with E-state index >= 15 is 0 Å². The molecule has 0 radical (unpaired) electrons. The summed E-state index contributed by atoms with van der Waals surface area (Å²) in [5.41, 5.74) is 3.86. The summed E-state index contributed by atoms with van der Waals surface area (Å²) in [4.78, 5) is 25.1. The summed E-state index contributed by atoms with van der Waals surface area (Å²) in [6, 6.07) is 28.2. The van der Waals surface area contributed by atoms with E-state index in [9.17, 15) is 18.0 Å². The molecule has 2 amide bonds. The van der Waals surface area contributed by atoms with Gasteiger partial charge in [-0.1, -0.05) is 30.3 Å². The molecule has 0 fully saturated rings. The van der Waals surface area contributed by atoms with Gasteiger partial charge >= 0.3 is 0 Å². The highest BCUT2D eigenvalue weighted by Crippen LogP contribution is 2.27. The molecule has 4 aromatic carbocycles. The molecule has 0 aliphatic carbocycles. The van der Waals surface area contributed by atoms with Crippen LogP contribution in [0.1, 0.15) is 12.5 Å². The summed E-state index contributed by atoms with van der Waals surface area (Å²) in [6.07, 6.45) is 2.43. The monoisotopic (exact) mass is 616 g/mol. The molecule has 0 aliphatic heterocycles. The van der Waals surface area contributed by atoms with Crippen molar-refractivity contribution in [3.63, 3.8) is 0 Å². The molecule has 0 bridgehead atoms. The van der Waals surface area contributed by atoms with Gasteiger partial charge in [0.05, 0.1) is 31.0 Å². The summed E-state index contributed by atoms with van der Waals surface area (Å²) in [7, 11) is -2.30. The lowest BCUT2D eigenvalue weighted by Gasteiger charge is -2.27. The van der Waals surface area contributed by atoms with Crippen LogP contribution in [0.2, 0.25) is 0 Å². The summed E-state index contributed by atoms with van der Waals surface area (Å²) < 4.78 is 42.8. The number of anilines is 2. The van der Waals surface area contributed by atoms with E-state index in [1.165, 1.54) is 20.2 Å². The second-order valence-electron chi connectivity index (χ2n) is 9.48. The molecule has 0 heterocycles. The van der Waals surface area contributed by atoms with Crippen molar-refractivity contribution in [2.75, 3.05) is 29.6 Å². The van der Waals surface area contributed by atoms with Crippen molar-refractivity contribution in [3.05, 3.63) is 109 Å². The van der Waals surface area contributed by atoms with Crippen molar-refractivity contribution in [1.82, 2.24) is 5.43 Å². The normalized spacial score (nSPS) is 11.8. The molecule has 12 heteroatoms. The fourth-order valence-electron chi connectivity index (χ4n) is 4.09. The molecule has 11 nitrogen and oxygen atoms in total. The second-order valence-corrected chi connectivity index (χ2v) is 11.3. The van der Waals surface area contributed by atoms with E-state index in [-0.39, 0.29) is 12.5 Å². The number of methoxy groups -OCH3 is 1. The molecule has 4 aromatic rings. The number of sulfonamides is 1. The molecule has 2 N–H and O–H groups in total. The summed E-state index contributed by atoms with van der Waals surface area (Å²) in [6.45, 7) is 1.26. The average molecular weight is 617 g/mol. The van der Waals surface area contributed by atoms with Gasteiger partial charge in [0.2, 0.25) is 10.0 Å². The minimum atomic E-state index is -3.82. The van der Waals surface area contributed by atoms with Crippen LogP contribution in [0.4, 0.5) is 11.4 Å². The van der Waals surface area contributed by atoms with Crippen LogP contribution in [0.5, 0.6) is 23.0 Å². The van der Waals surface area contributed by atoms with Gasteiger partial charge in [0.15, 0.2) is 6.61 Å². The molecular formula is C32H32N4O7S. The molecular weight excluding hydrogens is 584 g/mol. The highest BCUT2D eigenvalue weighted by Gasteiger charge is 2.29. The van der Waals surface area contributed by atoms with Crippen LogP contribution in [0, 0.1) is 0 Å². The number of hydrazone groups is 1. The van der Waals surface area contributed by atoms with Crippen molar-refractivity contribution in [3.8, 4) is 23.0 Å². The third-order valence-corrected chi connectivity index (χ3v) is 7.42. The first kappa shape index (κ1) is 31.6. The number of nitrogens with zero attached hydrogens (tertiary/aromatic N) is 2. The number of hydrogen-bond donors (Lipinski definition) is 2. The summed E-state index contributed by atoms with van der Waals surface area (Å²) in [5, 5.41) is 6.70. The molecule has 44 heavy (non-hydrogen) atoms. The molecule has 0 saturated carbocycles. The second kappa shape index (κ2) is 14.7. The van der Waals surface area contributed by atoms with Crippen molar-refractivity contribution < 1.29 is 32.2 Å². The number of nitrogens with one attached hydrogen (secondary N) is 2. The summed E-state index contributed by atoms with van der Waals surface area (Å²) in [5.74, 6) is 1.18. The fourth-order valence-corrected chi connectivity index (χ4v) is 5.27. The molecule has 0 aromatic heterocycles. The Bertz CT molecular complexity index is 1700. The van der Waals surface area contributed by atoms with Gasteiger partial charge in [-0.3, -0.25) is 13.9 Å². The van der Waals surface area contributed by atoms with E-state index in [0.29, 0.717) is 39.9 Å². The van der Waals surface area contributed by atoms with E-state index < -0.39 is 22.0 Å². The molecule has 0 saturated heterocycles. The molecule has 0 unspecified atom stereocenters. The van der Waals surface area contributed by atoms with Crippen LogP contribution in [-0.2, 0) is 19.6 Å². The molecule has 228 valence electrons. The topological polar surface area (TPSA) is 136 Å². The number of ether oxygens (including phenoxy) is 3. The van der Waals surface area contributed by atoms with Crippen molar-refractivity contribution in [2.45, 2.75) is 13.0 Å². The van der Waals surface area contributed by atoms with E-state index in [2.05, 4.69) is 15.8 Å². The first-order valence-corrected chi connectivity index (χ1v) is 15.3. The number of rotatable bonds is 13. The summed E-state index contributed by atoms with van der Waals surface area (Å²) >= 11 is 0. The Morgan fingerprint density at radius 2 is 1.48 bits per heavy atom. The van der Waals surface area contributed by atoms with E-state index in [1.54, 1.807) is 84.9 Å². The molecule has 4 rings (SSSR count). The first-order valence-electron chi connectivity index (χ1n) is 13.4. The van der Waals surface area contributed by atoms with E-state index in [0.717, 1.165) is 10.6 Å². The van der Waals surface area contributed by atoms with Crippen LogP contribution in [0.15, 0.2) is 108 Å². The maximum Gasteiger partial charge on any atom is 0.263 e. The Kier molecular flexibility index (Phi) is 10.5. The number of para-hydroxylation sites is 3. The van der Waals surface area contributed by atoms with E-state index in [4.69, 9.17) is 14.2 Å². The average Bonchev–Trinajstić information content (AvgIpc) is 3.01. The zero-order valence-corrected chi connectivity index (χ0v) is 25.2. The van der Waals surface area contributed by atoms with Crippen LogP contribution in [-0.4, -0.2) is 52.5 Å². The Labute approximate surface area is 256 Å². The van der Waals surface area contributed by atoms with Crippen molar-refractivity contribution in [2.24, 2.45) is 5.10 Å². The number of benzene rings is 4. The predicted molar refractivity (Wildman–Crippen MR) is 169 cm³/mol. The quantitative estimate of drug-likeness (QED) is 0.163. The number of amides is 2. The van der Waals surface area contributed by atoms with Gasteiger partial charge < -0.3 is 19.5 Å². The van der Waals surface area contributed by atoms with Gasteiger partial charge in [-0.05, 0) is 85.3 Å². The first-order chi connectivity index (χ1) is 21.1. The lowest BCUT2D eigenvalue weighted by molar-refractivity contribution is -0.121. The minimum Gasteiger partial charge on any atom is -0.495 e. The smallest absolute Gasteiger partial charge is 0.263 e. The van der Waals surface area contributed by atoms with Gasteiger partial charge in [-0.15, -0.1) is 0 Å². The van der Waals surface area contributed by atoms with Crippen molar-refractivity contribution in [1.29, 1.82) is 0 Å². The maximum atomic E-state index is 12.9. The van der Waals surface area contributed by atoms with Gasteiger partial charge in [-0.25, -0.2) is 13.8 Å². The Balaban J connectivity index is 1.30. The maximum absolute atomic E-state index is 12.9. The van der Waals surface area contributed by atoms with Gasteiger partial charge in [0.1, 0.15) is 29.0 Å². The van der Waals surface area contributed by atoms with Crippen LogP contribution < -0.4 is 29.3 Å².